The first-order valence-corrected chi connectivity index (χ1v) is 10.8. The lowest BCUT2D eigenvalue weighted by Crippen LogP contribution is -2.34. The summed E-state index contributed by atoms with van der Waals surface area (Å²) in [6, 6.07) is 14.7. The van der Waals surface area contributed by atoms with Gasteiger partial charge in [-0.3, -0.25) is 19.2 Å². The van der Waals surface area contributed by atoms with Crippen molar-refractivity contribution >= 4 is 46.6 Å². The van der Waals surface area contributed by atoms with E-state index in [1.54, 1.807) is 26.4 Å². The maximum atomic E-state index is 13.5. The van der Waals surface area contributed by atoms with Crippen LogP contribution in [0.4, 0.5) is 5.69 Å². The predicted molar refractivity (Wildman–Crippen MR) is 119 cm³/mol. The van der Waals surface area contributed by atoms with Crippen LogP contribution < -0.4 is 10.5 Å². The average molecular weight is 448 g/mol. The van der Waals surface area contributed by atoms with Crippen LogP contribution in [0.15, 0.2) is 53.3 Å². The van der Waals surface area contributed by atoms with Gasteiger partial charge in [-0.25, -0.2) is 4.68 Å². The summed E-state index contributed by atoms with van der Waals surface area (Å²) in [5.74, 6) is -0.123. The molecule has 0 aliphatic carbocycles. The number of anilines is 1. The molecule has 29 heavy (non-hydrogen) atoms. The minimum absolute atomic E-state index is 0.123. The van der Waals surface area contributed by atoms with E-state index in [-0.39, 0.29) is 16.7 Å². The Morgan fingerprint density at radius 3 is 2.38 bits per heavy atom. The highest BCUT2D eigenvalue weighted by atomic mass is 35.5. The topological polar surface area (TPSA) is 47.2 Å². The zero-order valence-electron chi connectivity index (χ0n) is 16.1. The summed E-state index contributed by atoms with van der Waals surface area (Å²) in [6.07, 6.45) is 0. The van der Waals surface area contributed by atoms with Crippen LogP contribution in [0.3, 0.4) is 0 Å². The van der Waals surface area contributed by atoms with Crippen LogP contribution in [0.2, 0.25) is 10.0 Å². The molecule has 1 saturated heterocycles. The smallest absolute Gasteiger partial charge is 0.288 e. The van der Waals surface area contributed by atoms with Crippen molar-refractivity contribution in [2.24, 2.45) is 7.05 Å². The van der Waals surface area contributed by atoms with E-state index in [0.717, 1.165) is 11.3 Å². The third-order valence-corrected chi connectivity index (χ3v) is 7.33. The summed E-state index contributed by atoms with van der Waals surface area (Å²) in [5, 5.41) is 0.0830. The molecule has 2 aromatic carbocycles. The molecule has 8 heteroatoms. The second-order valence-electron chi connectivity index (χ2n) is 6.89. The van der Waals surface area contributed by atoms with Gasteiger partial charge in [0.05, 0.1) is 26.7 Å². The monoisotopic (exact) mass is 447 g/mol. The Morgan fingerprint density at radius 2 is 1.69 bits per heavy atom. The molecular weight excluding hydrogens is 429 g/mol. The number of carbonyl (C=O) groups excluding carboxylic acids is 1. The van der Waals surface area contributed by atoms with Crippen LogP contribution in [-0.2, 0) is 11.8 Å². The lowest BCUT2D eigenvalue weighted by Gasteiger charge is -2.24. The van der Waals surface area contributed by atoms with Gasteiger partial charge in [0.1, 0.15) is 11.1 Å². The predicted octanol–water partition coefficient (Wildman–Crippen LogP) is 4.96. The van der Waals surface area contributed by atoms with E-state index in [0.29, 0.717) is 21.4 Å². The Bertz CT molecular complexity index is 1160. The molecule has 1 aliphatic heterocycles. The van der Waals surface area contributed by atoms with E-state index in [1.165, 1.54) is 11.8 Å². The van der Waals surface area contributed by atoms with Gasteiger partial charge in [0.25, 0.3) is 5.56 Å². The molecule has 1 fully saturated rings. The number of rotatable bonds is 3. The van der Waals surface area contributed by atoms with Crippen LogP contribution in [0, 0.1) is 6.92 Å². The van der Waals surface area contributed by atoms with E-state index < -0.39 is 5.37 Å². The molecule has 1 amide bonds. The molecule has 0 saturated carbocycles. The molecule has 3 aromatic rings. The quantitative estimate of drug-likeness (QED) is 0.569. The highest BCUT2D eigenvalue weighted by molar-refractivity contribution is 8.01. The summed E-state index contributed by atoms with van der Waals surface area (Å²) < 4.78 is 3.34. The lowest BCUT2D eigenvalue weighted by atomic mass is 10.2. The fourth-order valence-corrected chi connectivity index (χ4v) is 5.37. The maximum Gasteiger partial charge on any atom is 0.295 e. The number of hydrogen-bond donors (Lipinski definition) is 0. The van der Waals surface area contributed by atoms with Crippen LogP contribution in [0.5, 0.6) is 0 Å². The number of aromatic nitrogens is 2. The van der Waals surface area contributed by atoms with E-state index in [1.807, 2.05) is 57.3 Å². The van der Waals surface area contributed by atoms with Gasteiger partial charge in [-0.1, -0.05) is 53.5 Å². The first-order chi connectivity index (χ1) is 13.8. The van der Waals surface area contributed by atoms with Gasteiger partial charge in [-0.15, -0.1) is 11.8 Å². The molecule has 1 aromatic heterocycles. The number of nitrogens with zero attached hydrogens (tertiary/aromatic N) is 3. The molecular formula is C21H19Cl2N3O2S. The van der Waals surface area contributed by atoms with Crippen molar-refractivity contribution in [3.05, 3.63) is 80.2 Å². The van der Waals surface area contributed by atoms with Crippen molar-refractivity contribution in [3.63, 3.8) is 0 Å². The molecule has 0 unspecified atom stereocenters. The zero-order valence-corrected chi connectivity index (χ0v) is 18.4. The Hall–Kier alpha value is -2.15. The van der Waals surface area contributed by atoms with E-state index in [2.05, 4.69) is 0 Å². The van der Waals surface area contributed by atoms with Crippen molar-refractivity contribution in [2.75, 3.05) is 4.90 Å². The third-order valence-electron chi connectivity index (χ3n) is 5.16. The lowest BCUT2D eigenvalue weighted by molar-refractivity contribution is -0.117. The Labute approximate surface area is 182 Å². The molecule has 2 heterocycles. The molecule has 2 atom stereocenters. The van der Waals surface area contributed by atoms with Crippen LogP contribution >= 0.6 is 35.0 Å². The Morgan fingerprint density at radius 1 is 1.00 bits per heavy atom. The minimum Gasteiger partial charge on any atom is -0.288 e. The number of amides is 1. The second-order valence-corrected chi connectivity index (χ2v) is 9.10. The number of para-hydroxylation sites is 1. The maximum absolute atomic E-state index is 13.5. The van der Waals surface area contributed by atoms with E-state index in [9.17, 15) is 9.59 Å². The zero-order chi connectivity index (χ0) is 20.9. The highest BCUT2D eigenvalue weighted by Gasteiger charge is 2.43. The van der Waals surface area contributed by atoms with Crippen molar-refractivity contribution in [3.8, 4) is 5.69 Å². The summed E-state index contributed by atoms with van der Waals surface area (Å²) in [6.45, 7) is 3.68. The van der Waals surface area contributed by atoms with Gasteiger partial charge >= 0.3 is 0 Å². The molecule has 0 N–H and O–H groups in total. The van der Waals surface area contributed by atoms with Crippen LogP contribution in [0.1, 0.15) is 23.6 Å². The van der Waals surface area contributed by atoms with Gasteiger partial charge in [0.2, 0.25) is 5.91 Å². The highest BCUT2D eigenvalue weighted by Crippen LogP contribution is 2.48. The number of thioether (sulfide) groups is 1. The molecule has 5 nitrogen and oxygen atoms in total. The normalized spacial score (nSPS) is 19.2. The summed E-state index contributed by atoms with van der Waals surface area (Å²) in [7, 11) is 1.81. The van der Waals surface area contributed by atoms with Gasteiger partial charge < -0.3 is 0 Å². The van der Waals surface area contributed by atoms with Gasteiger partial charge in [-0.2, -0.15) is 0 Å². The van der Waals surface area contributed by atoms with Crippen molar-refractivity contribution in [1.29, 1.82) is 0 Å². The fourth-order valence-electron chi connectivity index (χ4n) is 3.61. The Balaban J connectivity index is 1.92. The third kappa shape index (κ3) is 3.19. The fraction of sp³-hybridized carbons (Fsp3) is 0.238. The van der Waals surface area contributed by atoms with E-state index >= 15 is 0 Å². The summed E-state index contributed by atoms with van der Waals surface area (Å²) in [4.78, 5) is 28.2. The number of hydrogen-bond acceptors (Lipinski definition) is 3. The average Bonchev–Trinajstić information content (AvgIpc) is 3.11. The Kier molecular flexibility index (Phi) is 5.27. The number of carbonyl (C=O) groups is 1. The SMILES string of the molecule is Cc1c(N2C(=O)[C@@H](C)S[C@H]2c2cccc(Cl)c2Cl)c(=O)n(-c2ccccc2)n1C. The minimum atomic E-state index is -0.429. The van der Waals surface area contributed by atoms with Crippen molar-refractivity contribution in [2.45, 2.75) is 24.5 Å². The largest absolute Gasteiger partial charge is 0.295 e. The number of benzene rings is 2. The molecule has 150 valence electrons. The molecule has 4 rings (SSSR count). The van der Waals surface area contributed by atoms with Gasteiger partial charge in [0.15, 0.2) is 0 Å². The standard InChI is InChI=1S/C21H19Cl2N3O2S/c1-12-18(20(28)26(24(12)3)14-8-5-4-6-9-14)25-19(27)13(2)29-21(25)15-10-7-11-16(22)17(15)23/h4-11,13,21H,1-3H3/t13-,21+/m1/s1. The first-order valence-electron chi connectivity index (χ1n) is 9.09. The molecule has 0 spiro atoms. The molecule has 1 aliphatic rings. The first kappa shape index (κ1) is 20.1. The van der Waals surface area contributed by atoms with Crippen molar-refractivity contribution < 1.29 is 4.79 Å². The summed E-state index contributed by atoms with van der Waals surface area (Å²) >= 11 is 14.1. The van der Waals surface area contributed by atoms with Crippen LogP contribution in [-0.4, -0.2) is 20.5 Å². The summed E-state index contributed by atoms with van der Waals surface area (Å²) in [5.41, 5.74) is 2.27. The molecule has 0 radical (unpaired) electrons. The van der Waals surface area contributed by atoms with Crippen molar-refractivity contribution in [1.82, 2.24) is 9.36 Å². The van der Waals surface area contributed by atoms with E-state index in [4.69, 9.17) is 23.2 Å². The second kappa shape index (κ2) is 7.59. The number of halogens is 2. The van der Waals surface area contributed by atoms with Crippen LogP contribution in [0.25, 0.3) is 5.69 Å². The van der Waals surface area contributed by atoms with Gasteiger partial charge in [-0.05, 0) is 32.0 Å². The molecule has 0 bridgehead atoms. The van der Waals surface area contributed by atoms with Gasteiger partial charge in [0, 0.05) is 12.6 Å².